The molecule has 5 rings (SSSR count). The number of rotatable bonds is 10. The Kier molecular flexibility index (Phi) is 8.76. The summed E-state index contributed by atoms with van der Waals surface area (Å²) >= 11 is 0. The fraction of sp³-hybridized carbons (Fsp3) is 0.333. The summed E-state index contributed by atoms with van der Waals surface area (Å²) in [5.74, 6) is -0.845. The van der Waals surface area contributed by atoms with E-state index in [0.29, 0.717) is 35.4 Å². The van der Waals surface area contributed by atoms with Crippen molar-refractivity contribution in [2.45, 2.75) is 28.7 Å². The second kappa shape index (κ2) is 12.5. The largest absolute Gasteiger partial charge is 0.381 e. The van der Waals surface area contributed by atoms with Gasteiger partial charge < -0.3 is 25.2 Å². The van der Waals surface area contributed by atoms with Gasteiger partial charge in [-0.2, -0.15) is 5.10 Å². The molecule has 0 saturated carbocycles. The number of hydrogen-bond acceptors (Lipinski definition) is 8. The second-order valence-corrected chi connectivity index (χ2v) is 12.6. The highest BCUT2D eigenvalue weighted by Gasteiger charge is 2.23. The van der Waals surface area contributed by atoms with E-state index in [1.807, 2.05) is 33.3 Å². The van der Waals surface area contributed by atoms with Crippen molar-refractivity contribution in [3.05, 3.63) is 72.0 Å². The third kappa shape index (κ3) is 6.56. The van der Waals surface area contributed by atoms with Gasteiger partial charge in [-0.25, -0.2) is 12.8 Å². The zero-order valence-corrected chi connectivity index (χ0v) is 24.7. The molecule has 1 aliphatic rings. The molecule has 1 aliphatic heterocycles. The van der Waals surface area contributed by atoms with Crippen LogP contribution >= 0.6 is 0 Å². The van der Waals surface area contributed by atoms with E-state index < -0.39 is 15.7 Å². The lowest BCUT2D eigenvalue weighted by atomic mass is 10.1. The van der Waals surface area contributed by atoms with Crippen LogP contribution in [0, 0.1) is 5.82 Å². The molecule has 1 saturated heterocycles. The molecule has 1 fully saturated rings. The Labute approximate surface area is 244 Å². The van der Waals surface area contributed by atoms with Gasteiger partial charge in [0.2, 0.25) is 9.84 Å². The highest BCUT2D eigenvalue weighted by Crippen LogP contribution is 2.30. The molecule has 0 radical (unpaired) electrons. The molecule has 42 heavy (non-hydrogen) atoms. The van der Waals surface area contributed by atoms with Crippen LogP contribution in [0.25, 0.3) is 10.9 Å². The first-order chi connectivity index (χ1) is 20.1. The molecule has 0 atom stereocenters. The summed E-state index contributed by atoms with van der Waals surface area (Å²) in [5, 5.41) is 13.9. The lowest BCUT2D eigenvalue weighted by molar-refractivity contribution is 0.0904. The third-order valence-corrected chi connectivity index (χ3v) is 9.08. The number of amides is 1. The number of H-pyrrole nitrogens is 1. The van der Waals surface area contributed by atoms with Gasteiger partial charge in [-0.05, 0) is 81.5 Å². The monoisotopic (exact) mass is 594 g/mol. The SMILES string of the molecule is CN(C)CCN(C)c1ccc(C(=O)Nc2n[nH]c3ccc(S(=O)(=O)c4cccc(F)c4)cc23)c(NC2CCOCC2)c1. The van der Waals surface area contributed by atoms with Gasteiger partial charge in [0.05, 0.1) is 20.9 Å². The molecule has 3 aromatic carbocycles. The van der Waals surface area contributed by atoms with Crippen molar-refractivity contribution in [1.82, 2.24) is 15.1 Å². The van der Waals surface area contributed by atoms with Gasteiger partial charge in [0.15, 0.2) is 5.82 Å². The standard InChI is InChI=1S/C30H35FN6O4S/c1-36(2)13-14-37(3)22-7-9-25(28(18-22)32-21-11-15-41-16-12-21)30(38)33-29-26-19-24(8-10-27(26)34-35-29)42(39,40)23-6-4-5-20(31)17-23/h4-10,17-19,21,32H,11-16H2,1-3H3,(H2,33,34,35,38). The number of fused-ring (bicyclic) bond motifs is 1. The van der Waals surface area contributed by atoms with E-state index >= 15 is 0 Å². The molecule has 0 bridgehead atoms. The molecule has 10 nitrogen and oxygen atoms in total. The number of halogens is 1. The van der Waals surface area contributed by atoms with E-state index in [-0.39, 0.29) is 27.6 Å². The minimum Gasteiger partial charge on any atom is -0.381 e. The molecule has 2 heterocycles. The van der Waals surface area contributed by atoms with E-state index in [9.17, 15) is 17.6 Å². The van der Waals surface area contributed by atoms with Crippen LogP contribution in [0.3, 0.4) is 0 Å². The van der Waals surface area contributed by atoms with Gasteiger partial charge in [0.25, 0.3) is 5.91 Å². The molecule has 222 valence electrons. The van der Waals surface area contributed by atoms with Crippen molar-refractivity contribution < 1.29 is 22.3 Å². The molecule has 3 N–H and O–H groups in total. The number of likely N-dealkylation sites (N-methyl/N-ethyl adjacent to an activating group) is 2. The summed E-state index contributed by atoms with van der Waals surface area (Å²) in [7, 11) is 2.07. The lowest BCUT2D eigenvalue weighted by Gasteiger charge is -2.27. The van der Waals surface area contributed by atoms with E-state index in [1.54, 1.807) is 12.1 Å². The summed E-state index contributed by atoms with van der Waals surface area (Å²) in [6, 6.07) is 15.1. The Morgan fingerprint density at radius 3 is 2.52 bits per heavy atom. The van der Waals surface area contributed by atoms with Gasteiger partial charge in [0.1, 0.15) is 5.82 Å². The number of carbonyl (C=O) groups excluding carboxylic acids is 1. The summed E-state index contributed by atoms with van der Waals surface area (Å²) in [4.78, 5) is 17.7. The number of ether oxygens (including phenoxy) is 1. The number of aromatic nitrogens is 2. The van der Waals surface area contributed by atoms with Crippen LogP contribution in [-0.2, 0) is 14.6 Å². The first-order valence-electron chi connectivity index (χ1n) is 13.8. The normalized spacial score (nSPS) is 14.3. The summed E-state index contributed by atoms with van der Waals surface area (Å²) in [5.41, 5.74) is 2.65. The predicted octanol–water partition coefficient (Wildman–Crippen LogP) is 4.38. The molecular weight excluding hydrogens is 559 g/mol. The number of anilines is 3. The van der Waals surface area contributed by atoms with Crippen molar-refractivity contribution in [3.63, 3.8) is 0 Å². The van der Waals surface area contributed by atoms with Gasteiger partial charge in [-0.1, -0.05) is 6.07 Å². The zero-order valence-electron chi connectivity index (χ0n) is 23.9. The highest BCUT2D eigenvalue weighted by molar-refractivity contribution is 7.91. The predicted molar refractivity (Wildman–Crippen MR) is 162 cm³/mol. The lowest BCUT2D eigenvalue weighted by Crippen LogP contribution is -2.30. The van der Waals surface area contributed by atoms with Gasteiger partial charge in [-0.3, -0.25) is 9.89 Å². The van der Waals surface area contributed by atoms with Gasteiger partial charge in [-0.15, -0.1) is 0 Å². The Hall–Kier alpha value is -4.00. The van der Waals surface area contributed by atoms with Crippen molar-refractivity contribution in [1.29, 1.82) is 0 Å². The van der Waals surface area contributed by atoms with Crippen molar-refractivity contribution in [2.24, 2.45) is 0 Å². The average molecular weight is 595 g/mol. The molecule has 0 unspecified atom stereocenters. The minimum atomic E-state index is -4.00. The van der Waals surface area contributed by atoms with Gasteiger partial charge in [0, 0.05) is 56.2 Å². The van der Waals surface area contributed by atoms with Crippen LogP contribution in [-0.4, -0.2) is 82.9 Å². The number of sulfone groups is 1. The molecular formula is C30H35FN6O4S. The number of nitrogens with zero attached hydrogens (tertiary/aromatic N) is 3. The Morgan fingerprint density at radius 1 is 1.02 bits per heavy atom. The van der Waals surface area contributed by atoms with Gasteiger partial charge >= 0.3 is 0 Å². The summed E-state index contributed by atoms with van der Waals surface area (Å²) in [6.45, 7) is 3.00. The Bertz CT molecular complexity index is 1680. The second-order valence-electron chi connectivity index (χ2n) is 10.7. The van der Waals surface area contributed by atoms with Crippen LogP contribution in [0.5, 0.6) is 0 Å². The van der Waals surface area contributed by atoms with Crippen molar-refractivity contribution in [2.75, 3.05) is 63.0 Å². The van der Waals surface area contributed by atoms with Crippen LogP contribution in [0.15, 0.2) is 70.5 Å². The molecule has 4 aromatic rings. The van der Waals surface area contributed by atoms with Crippen LogP contribution in [0.4, 0.5) is 21.6 Å². The maximum atomic E-state index is 13.8. The van der Waals surface area contributed by atoms with Crippen LogP contribution in [0.1, 0.15) is 23.2 Å². The maximum absolute atomic E-state index is 13.8. The maximum Gasteiger partial charge on any atom is 0.258 e. The molecule has 12 heteroatoms. The fourth-order valence-corrected chi connectivity index (χ4v) is 6.15. The molecule has 1 aromatic heterocycles. The summed E-state index contributed by atoms with van der Waals surface area (Å²) in [6.07, 6.45) is 1.66. The molecule has 0 aliphatic carbocycles. The minimum absolute atomic E-state index is 0.0375. The quantitative estimate of drug-likeness (QED) is 0.248. The number of aromatic amines is 1. The number of hydrogen-bond donors (Lipinski definition) is 3. The van der Waals surface area contributed by atoms with E-state index in [2.05, 4.69) is 30.6 Å². The van der Waals surface area contributed by atoms with E-state index in [0.717, 1.165) is 37.7 Å². The molecule has 0 spiro atoms. The van der Waals surface area contributed by atoms with Crippen molar-refractivity contribution in [3.8, 4) is 0 Å². The first kappa shape index (κ1) is 29.5. The van der Waals surface area contributed by atoms with Crippen LogP contribution in [0.2, 0.25) is 0 Å². The Balaban J connectivity index is 1.44. The fourth-order valence-electron chi connectivity index (χ4n) is 4.83. The number of benzene rings is 3. The highest BCUT2D eigenvalue weighted by atomic mass is 32.2. The first-order valence-corrected chi connectivity index (χ1v) is 15.2. The van der Waals surface area contributed by atoms with Crippen LogP contribution < -0.4 is 15.5 Å². The number of carbonyl (C=O) groups is 1. The van der Waals surface area contributed by atoms with E-state index in [4.69, 9.17) is 4.74 Å². The number of nitrogens with one attached hydrogen (secondary N) is 3. The Morgan fingerprint density at radius 2 is 1.79 bits per heavy atom. The summed E-state index contributed by atoms with van der Waals surface area (Å²) < 4.78 is 45.7. The topological polar surface area (TPSA) is 120 Å². The molecule has 1 amide bonds. The van der Waals surface area contributed by atoms with Crippen molar-refractivity contribution >= 4 is 43.8 Å². The zero-order chi connectivity index (χ0) is 29.9. The average Bonchev–Trinajstić information content (AvgIpc) is 3.38. The smallest absolute Gasteiger partial charge is 0.258 e. The van der Waals surface area contributed by atoms with E-state index in [1.165, 1.54) is 30.3 Å². The third-order valence-electron chi connectivity index (χ3n) is 7.34.